The van der Waals surface area contributed by atoms with Crippen LogP contribution in [0, 0.1) is 0 Å². The van der Waals surface area contributed by atoms with E-state index in [0.717, 1.165) is 0 Å². The lowest BCUT2D eigenvalue weighted by Gasteiger charge is -2.32. The van der Waals surface area contributed by atoms with Crippen LogP contribution in [0.2, 0.25) is 0 Å². The van der Waals surface area contributed by atoms with Crippen LogP contribution >= 0.6 is 15.9 Å². The first-order valence-corrected chi connectivity index (χ1v) is 9.40. The number of carbonyl (C=O) groups is 1. The molecule has 0 saturated carbocycles. The summed E-state index contributed by atoms with van der Waals surface area (Å²) >= 11 is 3.41. The molecular weight excluding hydrogens is 403 g/mol. The molecule has 1 N–H and O–H groups in total. The van der Waals surface area contributed by atoms with Crippen molar-refractivity contribution in [2.75, 3.05) is 13.7 Å². The monoisotopic (exact) mass is 428 g/mol. The number of halogens is 1. The molecular formula is C18H26BBrO6. The van der Waals surface area contributed by atoms with Gasteiger partial charge in [0, 0.05) is 5.82 Å². The minimum atomic E-state index is -0.659. The van der Waals surface area contributed by atoms with Crippen molar-refractivity contribution in [2.45, 2.75) is 58.1 Å². The Labute approximate surface area is 163 Å². The number of phenolic OH excluding ortho intramolecular Hbond substituents is 1. The zero-order valence-corrected chi connectivity index (χ0v) is 17.7. The first-order valence-electron chi connectivity index (χ1n) is 8.60. The molecule has 144 valence electrons. The van der Waals surface area contributed by atoms with E-state index in [2.05, 4.69) is 15.9 Å². The smallest absolute Gasteiger partial charge is 0.466 e. The largest absolute Gasteiger partial charge is 0.503 e. The lowest BCUT2D eigenvalue weighted by molar-refractivity contribution is -0.143. The highest BCUT2D eigenvalue weighted by Gasteiger charge is 2.54. The van der Waals surface area contributed by atoms with Gasteiger partial charge in [-0.05, 0) is 62.2 Å². The summed E-state index contributed by atoms with van der Waals surface area (Å²) in [4.78, 5) is 12.2. The average molecular weight is 429 g/mol. The standard InChI is InChI=1S/C18H26BBrO6/c1-7-24-14(21)10-12(19-25-17(2,3)18(4,5)26-19)11-8-9-13(23-6)16(22)15(11)20/h8-9,12,22H,7,10H2,1-6H3. The van der Waals surface area contributed by atoms with Gasteiger partial charge >= 0.3 is 13.1 Å². The molecule has 2 rings (SSSR count). The van der Waals surface area contributed by atoms with E-state index in [1.807, 2.05) is 27.7 Å². The fraction of sp³-hybridized carbons (Fsp3) is 0.611. The second-order valence-corrected chi connectivity index (χ2v) is 8.05. The van der Waals surface area contributed by atoms with Gasteiger partial charge in [0.2, 0.25) is 0 Å². The molecule has 0 aromatic heterocycles. The molecule has 1 aliphatic heterocycles. The topological polar surface area (TPSA) is 74.2 Å². The Morgan fingerprint density at radius 2 is 1.85 bits per heavy atom. The van der Waals surface area contributed by atoms with Crippen LogP contribution in [0.1, 0.15) is 52.4 Å². The molecule has 1 saturated heterocycles. The van der Waals surface area contributed by atoms with E-state index in [0.29, 0.717) is 22.4 Å². The van der Waals surface area contributed by atoms with Crippen molar-refractivity contribution >= 4 is 29.0 Å². The van der Waals surface area contributed by atoms with Crippen LogP contribution in [-0.2, 0) is 18.8 Å². The predicted molar refractivity (Wildman–Crippen MR) is 102 cm³/mol. The van der Waals surface area contributed by atoms with Crippen LogP contribution in [0.15, 0.2) is 16.6 Å². The Morgan fingerprint density at radius 3 is 2.35 bits per heavy atom. The summed E-state index contributed by atoms with van der Waals surface area (Å²) in [6, 6.07) is 3.44. The molecule has 1 aliphatic rings. The Morgan fingerprint density at radius 1 is 1.27 bits per heavy atom. The summed E-state index contributed by atoms with van der Waals surface area (Å²) in [5, 5.41) is 10.3. The molecule has 26 heavy (non-hydrogen) atoms. The maximum Gasteiger partial charge on any atom is 0.466 e. The Bertz CT molecular complexity index is 660. The first-order chi connectivity index (χ1) is 12.0. The first kappa shape index (κ1) is 21.1. The third-order valence-corrected chi connectivity index (χ3v) is 5.85. The van der Waals surface area contributed by atoms with Gasteiger partial charge in [-0.1, -0.05) is 6.07 Å². The molecule has 0 radical (unpaired) electrons. The van der Waals surface area contributed by atoms with Gasteiger partial charge in [0.15, 0.2) is 11.5 Å². The van der Waals surface area contributed by atoms with Gasteiger partial charge in [0.05, 0.1) is 35.8 Å². The van der Waals surface area contributed by atoms with Gasteiger partial charge in [0.1, 0.15) is 0 Å². The van der Waals surface area contributed by atoms with Crippen molar-refractivity contribution in [3.63, 3.8) is 0 Å². The average Bonchev–Trinajstić information content (AvgIpc) is 2.76. The summed E-state index contributed by atoms with van der Waals surface area (Å²) in [6.07, 6.45) is 0.0645. The van der Waals surface area contributed by atoms with Crippen molar-refractivity contribution in [2.24, 2.45) is 0 Å². The fourth-order valence-electron chi connectivity index (χ4n) is 2.82. The second kappa shape index (κ2) is 7.78. The number of carbonyl (C=O) groups excluding carboxylic acids is 1. The molecule has 1 atom stereocenters. The SMILES string of the molecule is CCOC(=O)CC(B1OC(C)(C)C(C)(C)O1)c1ccc(OC)c(O)c1Br. The van der Waals surface area contributed by atoms with Crippen molar-refractivity contribution in [1.29, 1.82) is 0 Å². The van der Waals surface area contributed by atoms with Gasteiger partial charge in [-0.3, -0.25) is 4.79 Å². The van der Waals surface area contributed by atoms with Crippen molar-refractivity contribution in [1.82, 2.24) is 0 Å². The Balaban J connectivity index is 2.43. The summed E-state index contributed by atoms with van der Waals surface area (Å²) < 4.78 is 23.0. The molecule has 0 amide bonds. The minimum Gasteiger partial charge on any atom is -0.503 e. The van der Waals surface area contributed by atoms with E-state index in [1.54, 1.807) is 19.1 Å². The molecule has 6 nitrogen and oxygen atoms in total. The van der Waals surface area contributed by atoms with Crippen LogP contribution < -0.4 is 4.74 Å². The van der Waals surface area contributed by atoms with Crippen LogP contribution in [0.3, 0.4) is 0 Å². The summed E-state index contributed by atoms with van der Waals surface area (Å²) in [5.74, 6) is -0.504. The fourth-order valence-corrected chi connectivity index (χ4v) is 3.44. The number of esters is 1. The van der Waals surface area contributed by atoms with Crippen molar-refractivity contribution < 1.29 is 28.7 Å². The molecule has 1 fully saturated rings. The molecule has 1 heterocycles. The van der Waals surface area contributed by atoms with Crippen LogP contribution in [0.5, 0.6) is 11.5 Å². The van der Waals surface area contributed by atoms with Gasteiger partial charge in [0.25, 0.3) is 0 Å². The molecule has 0 aliphatic carbocycles. The Hall–Kier alpha value is -1.25. The third-order valence-electron chi connectivity index (χ3n) is 5.02. The molecule has 1 aromatic carbocycles. The van der Waals surface area contributed by atoms with Crippen LogP contribution in [-0.4, -0.2) is 43.1 Å². The zero-order chi connectivity index (χ0) is 19.7. The van der Waals surface area contributed by atoms with Gasteiger partial charge in [-0.2, -0.15) is 0 Å². The second-order valence-electron chi connectivity index (χ2n) is 7.26. The number of rotatable bonds is 6. The highest BCUT2D eigenvalue weighted by atomic mass is 79.9. The summed E-state index contributed by atoms with van der Waals surface area (Å²) in [5.41, 5.74) is -0.383. The number of hydrogen-bond acceptors (Lipinski definition) is 6. The van der Waals surface area contributed by atoms with Crippen molar-refractivity contribution in [3.05, 3.63) is 22.2 Å². The maximum atomic E-state index is 12.2. The molecule has 8 heteroatoms. The Kier molecular flexibility index (Phi) is 6.30. The van der Waals surface area contributed by atoms with E-state index in [4.69, 9.17) is 18.8 Å². The zero-order valence-electron chi connectivity index (χ0n) is 16.1. The molecule has 1 aromatic rings. The lowest BCUT2D eigenvalue weighted by atomic mass is 9.66. The number of hydrogen-bond donors (Lipinski definition) is 1. The van der Waals surface area contributed by atoms with E-state index < -0.39 is 24.1 Å². The van der Waals surface area contributed by atoms with Crippen molar-refractivity contribution in [3.8, 4) is 11.5 Å². The van der Waals surface area contributed by atoms with E-state index in [-0.39, 0.29) is 18.1 Å². The van der Waals surface area contributed by atoms with Crippen LogP contribution in [0.25, 0.3) is 0 Å². The molecule has 0 bridgehead atoms. The summed E-state index contributed by atoms with van der Waals surface area (Å²) in [7, 11) is 0.819. The van der Waals surface area contributed by atoms with Gasteiger partial charge < -0.3 is 23.9 Å². The maximum absolute atomic E-state index is 12.2. The normalized spacial score (nSPS) is 19.3. The quantitative estimate of drug-likeness (QED) is 0.548. The number of methoxy groups -OCH3 is 1. The minimum absolute atomic E-state index is 0.0321. The van der Waals surface area contributed by atoms with Gasteiger partial charge in [-0.15, -0.1) is 0 Å². The highest BCUT2D eigenvalue weighted by molar-refractivity contribution is 9.10. The third kappa shape index (κ3) is 4.02. The summed E-state index contributed by atoms with van der Waals surface area (Å²) in [6.45, 7) is 9.87. The number of ether oxygens (including phenoxy) is 2. The van der Waals surface area contributed by atoms with E-state index >= 15 is 0 Å². The number of phenols is 1. The molecule has 0 spiro atoms. The van der Waals surface area contributed by atoms with E-state index in [1.165, 1.54) is 7.11 Å². The van der Waals surface area contributed by atoms with E-state index in [9.17, 15) is 9.90 Å². The number of benzene rings is 1. The number of aromatic hydroxyl groups is 1. The highest BCUT2D eigenvalue weighted by Crippen LogP contribution is 2.46. The predicted octanol–water partition coefficient (Wildman–Crippen LogP) is 3.83. The van der Waals surface area contributed by atoms with Crippen LogP contribution in [0.4, 0.5) is 0 Å². The molecule has 1 unspecified atom stereocenters. The van der Waals surface area contributed by atoms with Gasteiger partial charge in [-0.25, -0.2) is 0 Å². The lowest BCUT2D eigenvalue weighted by Crippen LogP contribution is -2.41.